The zero-order chi connectivity index (χ0) is 13.3. The van der Waals surface area contributed by atoms with E-state index in [9.17, 15) is 4.79 Å². The number of hydrogen-bond donors (Lipinski definition) is 1. The third-order valence-electron chi connectivity index (χ3n) is 2.89. The van der Waals surface area contributed by atoms with Gasteiger partial charge in [0.15, 0.2) is 5.69 Å². The van der Waals surface area contributed by atoms with E-state index in [1.54, 1.807) is 10.7 Å². The van der Waals surface area contributed by atoms with E-state index >= 15 is 0 Å². The van der Waals surface area contributed by atoms with Crippen molar-refractivity contribution >= 4 is 19.3 Å². The van der Waals surface area contributed by atoms with Crippen molar-refractivity contribution in [1.29, 1.82) is 0 Å². The maximum Gasteiger partial charge on any atom is 0.356 e. The topological polar surface area (TPSA) is 55.1 Å². The summed E-state index contributed by atoms with van der Waals surface area (Å²) in [6.45, 7) is 4.35. The summed E-state index contributed by atoms with van der Waals surface area (Å²) in [6.07, 6.45) is 0. The summed E-state index contributed by atoms with van der Waals surface area (Å²) in [5.41, 5.74) is 3.72. The van der Waals surface area contributed by atoms with E-state index < -0.39 is 5.97 Å². The third kappa shape index (κ3) is 2.45. The van der Waals surface area contributed by atoms with Gasteiger partial charge in [-0.3, -0.25) is 4.68 Å². The van der Waals surface area contributed by atoms with Crippen LogP contribution in [0.15, 0.2) is 24.3 Å². The fraction of sp³-hybridized carbons (Fsp3) is 0.231. The van der Waals surface area contributed by atoms with Crippen LogP contribution in [0.3, 0.4) is 0 Å². The van der Waals surface area contributed by atoms with Crippen LogP contribution in [0.5, 0.6) is 0 Å². The van der Waals surface area contributed by atoms with Crippen LogP contribution in [-0.4, -0.2) is 28.7 Å². The summed E-state index contributed by atoms with van der Waals surface area (Å²) < 4.78 is 1.67. The molecule has 0 unspecified atom stereocenters. The standard InChI is InChI=1S/C13H13BN2O2/c1-8-3-4-11(14)6-10(8)7-16-9(2)5-12(15-16)13(17)18/h3-6H,7H2,1-2H3,(H,17,18). The Kier molecular flexibility index (Phi) is 3.23. The van der Waals surface area contributed by atoms with Gasteiger partial charge < -0.3 is 5.11 Å². The van der Waals surface area contributed by atoms with Crippen LogP contribution < -0.4 is 5.46 Å². The molecule has 1 aromatic carbocycles. The number of carbonyl (C=O) groups is 1. The Balaban J connectivity index is 2.34. The van der Waals surface area contributed by atoms with E-state index in [0.717, 1.165) is 16.8 Å². The van der Waals surface area contributed by atoms with Crippen molar-refractivity contribution in [3.05, 3.63) is 46.8 Å². The molecule has 5 heteroatoms. The molecule has 2 rings (SSSR count). The Labute approximate surface area is 107 Å². The first-order valence-corrected chi connectivity index (χ1v) is 5.60. The van der Waals surface area contributed by atoms with Gasteiger partial charge in [-0.15, -0.1) is 0 Å². The molecule has 2 aromatic rings. The summed E-state index contributed by atoms with van der Waals surface area (Å²) in [5.74, 6) is -1.01. The lowest BCUT2D eigenvalue weighted by Crippen LogP contribution is -2.10. The lowest BCUT2D eigenvalue weighted by molar-refractivity contribution is 0.0689. The highest BCUT2D eigenvalue weighted by Gasteiger charge is 2.11. The fourth-order valence-corrected chi connectivity index (χ4v) is 1.80. The van der Waals surface area contributed by atoms with Crippen LogP contribution in [0.1, 0.15) is 27.3 Å². The zero-order valence-corrected chi connectivity index (χ0v) is 10.3. The lowest BCUT2D eigenvalue weighted by atomic mass is 9.92. The monoisotopic (exact) mass is 240 g/mol. The van der Waals surface area contributed by atoms with Crippen LogP contribution >= 0.6 is 0 Å². The zero-order valence-electron chi connectivity index (χ0n) is 10.3. The number of hydrogen-bond acceptors (Lipinski definition) is 2. The first-order chi connectivity index (χ1) is 8.47. The van der Waals surface area contributed by atoms with E-state index in [4.69, 9.17) is 13.0 Å². The Morgan fingerprint density at radius 1 is 1.39 bits per heavy atom. The second-order valence-corrected chi connectivity index (χ2v) is 4.32. The van der Waals surface area contributed by atoms with Crippen molar-refractivity contribution < 1.29 is 9.90 Å². The van der Waals surface area contributed by atoms with Gasteiger partial charge in [-0.05, 0) is 31.0 Å². The number of nitrogens with zero attached hydrogens (tertiary/aromatic N) is 2. The smallest absolute Gasteiger partial charge is 0.356 e. The SMILES string of the molecule is [B]c1ccc(C)c(Cn2nc(C(=O)O)cc2C)c1. The van der Waals surface area contributed by atoms with Gasteiger partial charge in [0, 0.05) is 5.69 Å². The third-order valence-corrected chi connectivity index (χ3v) is 2.89. The largest absolute Gasteiger partial charge is 0.476 e. The molecule has 0 saturated heterocycles. The Bertz CT molecular complexity index is 605. The van der Waals surface area contributed by atoms with E-state index in [2.05, 4.69) is 5.10 Å². The van der Waals surface area contributed by atoms with Gasteiger partial charge in [0.2, 0.25) is 0 Å². The molecular formula is C13H13BN2O2. The average molecular weight is 240 g/mol. The molecule has 0 aliphatic heterocycles. The predicted molar refractivity (Wildman–Crippen MR) is 69.6 cm³/mol. The van der Waals surface area contributed by atoms with Crippen LogP contribution in [0, 0.1) is 13.8 Å². The van der Waals surface area contributed by atoms with Gasteiger partial charge in [0.1, 0.15) is 7.85 Å². The first-order valence-electron chi connectivity index (χ1n) is 5.60. The number of benzene rings is 1. The maximum absolute atomic E-state index is 10.8. The van der Waals surface area contributed by atoms with Gasteiger partial charge in [-0.1, -0.05) is 23.7 Å². The molecule has 0 bridgehead atoms. The Morgan fingerprint density at radius 3 is 2.72 bits per heavy atom. The van der Waals surface area contributed by atoms with Gasteiger partial charge in [-0.25, -0.2) is 4.79 Å². The molecule has 0 saturated carbocycles. The second-order valence-electron chi connectivity index (χ2n) is 4.32. The Hall–Kier alpha value is -2.04. The Morgan fingerprint density at radius 2 is 2.11 bits per heavy atom. The van der Waals surface area contributed by atoms with Gasteiger partial charge in [-0.2, -0.15) is 5.10 Å². The number of aromatic carboxylic acids is 1. The molecule has 0 fully saturated rings. The summed E-state index contributed by atoms with van der Waals surface area (Å²) >= 11 is 0. The van der Waals surface area contributed by atoms with Crippen LogP contribution in [0.4, 0.5) is 0 Å². The number of aromatic nitrogens is 2. The van der Waals surface area contributed by atoms with Gasteiger partial charge in [0.25, 0.3) is 0 Å². The molecule has 18 heavy (non-hydrogen) atoms. The molecule has 0 atom stereocenters. The molecule has 0 aliphatic rings. The highest BCUT2D eigenvalue weighted by Crippen LogP contribution is 2.10. The van der Waals surface area contributed by atoms with Crippen LogP contribution in [0.2, 0.25) is 0 Å². The van der Waals surface area contributed by atoms with Gasteiger partial charge >= 0.3 is 5.97 Å². The minimum absolute atomic E-state index is 0.0639. The minimum Gasteiger partial charge on any atom is -0.476 e. The molecule has 1 N–H and O–H groups in total. The van der Waals surface area contributed by atoms with Gasteiger partial charge in [0.05, 0.1) is 6.54 Å². The summed E-state index contributed by atoms with van der Waals surface area (Å²) in [4.78, 5) is 10.8. The van der Waals surface area contributed by atoms with Crippen LogP contribution in [0.25, 0.3) is 0 Å². The van der Waals surface area contributed by atoms with E-state index in [1.165, 1.54) is 0 Å². The molecule has 4 nitrogen and oxygen atoms in total. The van der Waals surface area contributed by atoms with E-state index in [-0.39, 0.29) is 5.69 Å². The van der Waals surface area contributed by atoms with E-state index in [1.807, 2.05) is 32.0 Å². The number of aryl methyl sites for hydroxylation is 2. The molecule has 1 aromatic heterocycles. The minimum atomic E-state index is -1.01. The number of rotatable bonds is 3. The van der Waals surface area contributed by atoms with Crippen molar-refractivity contribution in [3.8, 4) is 0 Å². The summed E-state index contributed by atoms with van der Waals surface area (Å²) in [7, 11) is 5.75. The molecule has 2 radical (unpaired) electrons. The van der Waals surface area contributed by atoms with Crippen molar-refractivity contribution in [2.24, 2.45) is 0 Å². The normalized spacial score (nSPS) is 10.6. The quantitative estimate of drug-likeness (QED) is 0.815. The molecule has 90 valence electrons. The molecule has 0 aliphatic carbocycles. The highest BCUT2D eigenvalue weighted by atomic mass is 16.4. The average Bonchev–Trinajstić information content (AvgIpc) is 2.66. The predicted octanol–water partition coefficient (Wildman–Crippen LogP) is 1.04. The fourth-order valence-electron chi connectivity index (χ4n) is 1.80. The van der Waals surface area contributed by atoms with Crippen molar-refractivity contribution in [3.63, 3.8) is 0 Å². The molecule has 0 amide bonds. The van der Waals surface area contributed by atoms with Crippen LogP contribution in [-0.2, 0) is 6.54 Å². The van der Waals surface area contributed by atoms with Crippen molar-refractivity contribution in [2.45, 2.75) is 20.4 Å². The highest BCUT2D eigenvalue weighted by molar-refractivity contribution is 6.32. The lowest BCUT2D eigenvalue weighted by Gasteiger charge is -2.09. The molecule has 0 spiro atoms. The number of carboxylic acid groups (broad SMARTS) is 1. The van der Waals surface area contributed by atoms with E-state index in [0.29, 0.717) is 12.0 Å². The summed E-state index contributed by atoms with van der Waals surface area (Å²) in [6, 6.07) is 7.24. The van der Waals surface area contributed by atoms with Crippen molar-refractivity contribution in [2.75, 3.05) is 0 Å². The first kappa shape index (κ1) is 12.4. The second kappa shape index (κ2) is 4.68. The number of carboxylic acids is 1. The van der Waals surface area contributed by atoms with Crippen molar-refractivity contribution in [1.82, 2.24) is 9.78 Å². The molecular weight excluding hydrogens is 227 g/mol. The maximum atomic E-state index is 10.8. The summed E-state index contributed by atoms with van der Waals surface area (Å²) in [5, 5.41) is 12.9. The molecule has 1 heterocycles.